The monoisotopic (exact) mass is 375 g/mol. The predicted octanol–water partition coefficient (Wildman–Crippen LogP) is 2.56. The van der Waals surface area contributed by atoms with Crippen molar-refractivity contribution in [1.29, 1.82) is 0 Å². The van der Waals surface area contributed by atoms with Crippen molar-refractivity contribution in [1.82, 2.24) is 9.88 Å². The van der Waals surface area contributed by atoms with Crippen molar-refractivity contribution in [3.63, 3.8) is 0 Å². The van der Waals surface area contributed by atoms with Gasteiger partial charge in [0.25, 0.3) is 11.8 Å². The number of ether oxygens (including phenoxy) is 1. The fourth-order valence-corrected chi connectivity index (χ4v) is 2.60. The van der Waals surface area contributed by atoms with E-state index in [1.165, 1.54) is 6.20 Å². The maximum atomic E-state index is 12.3. The lowest BCUT2D eigenvalue weighted by atomic mass is 10.1. The summed E-state index contributed by atoms with van der Waals surface area (Å²) in [5, 5.41) is 2.77. The third-order valence-corrected chi connectivity index (χ3v) is 3.90. The third-order valence-electron chi connectivity index (χ3n) is 3.47. The second kappa shape index (κ2) is 6.37. The predicted molar refractivity (Wildman–Crippen MR) is 88.8 cm³/mol. The number of benzene rings is 1. The lowest BCUT2D eigenvalue weighted by Crippen LogP contribution is -2.27. The van der Waals surface area contributed by atoms with Gasteiger partial charge in [-0.3, -0.25) is 14.6 Å². The number of fused-ring (bicyclic) bond motifs is 1. The Hall–Kier alpha value is -2.41. The van der Waals surface area contributed by atoms with Crippen LogP contribution in [-0.4, -0.2) is 41.9 Å². The van der Waals surface area contributed by atoms with Gasteiger partial charge in [0.1, 0.15) is 12.4 Å². The van der Waals surface area contributed by atoms with Crippen LogP contribution >= 0.6 is 15.9 Å². The van der Waals surface area contributed by atoms with Crippen molar-refractivity contribution in [2.45, 2.75) is 0 Å². The molecule has 0 unspecified atom stereocenters. The molecular weight excluding hydrogens is 362 g/mol. The zero-order valence-corrected chi connectivity index (χ0v) is 14.0. The highest BCUT2D eigenvalue weighted by atomic mass is 79.9. The quantitative estimate of drug-likeness (QED) is 0.875. The van der Waals surface area contributed by atoms with Crippen molar-refractivity contribution in [2.75, 3.05) is 25.5 Å². The smallest absolute Gasteiger partial charge is 0.257 e. The molecule has 118 valence electrons. The van der Waals surface area contributed by atoms with Gasteiger partial charge >= 0.3 is 0 Å². The van der Waals surface area contributed by atoms with E-state index in [1.807, 2.05) is 0 Å². The van der Waals surface area contributed by atoms with Gasteiger partial charge in [0, 0.05) is 29.6 Å². The third kappa shape index (κ3) is 3.34. The van der Waals surface area contributed by atoms with E-state index in [1.54, 1.807) is 42.4 Å². The lowest BCUT2D eigenvalue weighted by Gasteiger charge is -2.13. The molecule has 3 rings (SSSR count). The van der Waals surface area contributed by atoms with Crippen LogP contribution in [0.25, 0.3) is 0 Å². The molecule has 2 amide bonds. The molecule has 2 heterocycles. The van der Waals surface area contributed by atoms with Gasteiger partial charge in [0.05, 0.1) is 17.7 Å². The van der Waals surface area contributed by atoms with E-state index in [0.717, 1.165) is 4.47 Å². The number of hydrogen-bond acceptors (Lipinski definition) is 4. The molecule has 0 atom stereocenters. The molecule has 0 aliphatic carbocycles. The number of nitrogens with one attached hydrogen (secondary N) is 1. The molecule has 1 aliphatic heterocycles. The molecule has 0 spiro atoms. The minimum absolute atomic E-state index is 0.127. The van der Waals surface area contributed by atoms with Crippen LogP contribution in [0.3, 0.4) is 0 Å². The van der Waals surface area contributed by atoms with E-state index in [2.05, 4.69) is 26.2 Å². The molecule has 7 heteroatoms. The van der Waals surface area contributed by atoms with Crippen LogP contribution in [0.4, 0.5) is 5.69 Å². The van der Waals surface area contributed by atoms with E-state index >= 15 is 0 Å². The fraction of sp³-hybridized carbons (Fsp3) is 0.188. The topological polar surface area (TPSA) is 71.5 Å². The second-order valence-corrected chi connectivity index (χ2v) is 6.05. The standard InChI is InChI=1S/C16H14BrN3O3/c1-20-4-5-23-14-3-2-12(7-13(14)16(20)22)19-15(21)10-6-11(17)9-18-8-10/h2-3,6-9H,4-5H2,1H3,(H,19,21). The number of nitrogens with zero attached hydrogens (tertiary/aromatic N) is 2. The molecule has 1 N–H and O–H groups in total. The summed E-state index contributed by atoms with van der Waals surface area (Å²) in [6, 6.07) is 6.71. The first-order valence-electron chi connectivity index (χ1n) is 6.99. The molecule has 6 nitrogen and oxygen atoms in total. The molecule has 0 radical (unpaired) electrons. The van der Waals surface area contributed by atoms with Crippen molar-refractivity contribution in [3.8, 4) is 5.75 Å². The van der Waals surface area contributed by atoms with Crippen molar-refractivity contribution in [2.24, 2.45) is 0 Å². The first-order chi connectivity index (χ1) is 11.0. The molecule has 0 saturated carbocycles. The lowest BCUT2D eigenvalue weighted by molar-refractivity contribution is 0.0796. The van der Waals surface area contributed by atoms with Gasteiger partial charge < -0.3 is 15.0 Å². The van der Waals surface area contributed by atoms with Gasteiger partial charge in [0.2, 0.25) is 0 Å². The van der Waals surface area contributed by atoms with E-state index in [4.69, 9.17) is 4.74 Å². The summed E-state index contributed by atoms with van der Waals surface area (Å²) < 4.78 is 6.28. The highest BCUT2D eigenvalue weighted by molar-refractivity contribution is 9.10. The van der Waals surface area contributed by atoms with E-state index in [0.29, 0.717) is 35.7 Å². The summed E-state index contributed by atoms with van der Waals surface area (Å²) >= 11 is 3.28. The summed E-state index contributed by atoms with van der Waals surface area (Å²) in [5.74, 6) is 0.105. The highest BCUT2D eigenvalue weighted by Gasteiger charge is 2.21. The number of carbonyl (C=O) groups is 2. The fourth-order valence-electron chi connectivity index (χ4n) is 2.24. The Bertz CT molecular complexity index is 779. The SMILES string of the molecule is CN1CCOc2ccc(NC(=O)c3cncc(Br)c3)cc2C1=O. The van der Waals surface area contributed by atoms with Crippen LogP contribution in [0, 0.1) is 0 Å². The molecule has 1 aromatic carbocycles. The first kappa shape index (κ1) is 15.5. The summed E-state index contributed by atoms with van der Waals surface area (Å²) in [7, 11) is 1.72. The van der Waals surface area contributed by atoms with Crippen molar-refractivity contribution >= 4 is 33.4 Å². The molecule has 0 bridgehead atoms. The van der Waals surface area contributed by atoms with Gasteiger partial charge in [0.15, 0.2) is 0 Å². The maximum absolute atomic E-state index is 12.3. The summed E-state index contributed by atoms with van der Waals surface area (Å²) in [6.45, 7) is 0.976. The molecule has 1 aromatic heterocycles. The number of pyridine rings is 1. The normalized spacial score (nSPS) is 13.8. The average molecular weight is 376 g/mol. The molecule has 2 aromatic rings. The summed E-state index contributed by atoms with van der Waals surface area (Å²) in [5.41, 5.74) is 1.39. The average Bonchev–Trinajstić information content (AvgIpc) is 2.67. The zero-order chi connectivity index (χ0) is 16.4. The van der Waals surface area contributed by atoms with Crippen LogP contribution in [-0.2, 0) is 0 Å². The number of rotatable bonds is 2. The highest BCUT2D eigenvalue weighted by Crippen LogP contribution is 2.26. The van der Waals surface area contributed by atoms with E-state index in [9.17, 15) is 9.59 Å². The Morgan fingerprint density at radius 2 is 2.17 bits per heavy atom. The number of amides is 2. The number of aromatic nitrogens is 1. The van der Waals surface area contributed by atoms with Crippen molar-refractivity contribution in [3.05, 3.63) is 52.3 Å². The largest absolute Gasteiger partial charge is 0.491 e. The van der Waals surface area contributed by atoms with Gasteiger partial charge in [-0.2, -0.15) is 0 Å². The minimum Gasteiger partial charge on any atom is -0.491 e. The molecular formula is C16H14BrN3O3. The van der Waals surface area contributed by atoms with Gasteiger partial charge in [-0.05, 0) is 40.2 Å². The summed E-state index contributed by atoms with van der Waals surface area (Å²) in [4.78, 5) is 30.1. The second-order valence-electron chi connectivity index (χ2n) is 5.13. The van der Waals surface area contributed by atoms with Crippen LogP contribution in [0.2, 0.25) is 0 Å². The number of likely N-dealkylation sites (N-methyl/N-ethyl adjacent to an activating group) is 1. The van der Waals surface area contributed by atoms with Crippen molar-refractivity contribution < 1.29 is 14.3 Å². The van der Waals surface area contributed by atoms with Gasteiger partial charge in [-0.1, -0.05) is 0 Å². The Labute approximate surface area is 141 Å². The molecule has 1 aliphatic rings. The number of halogens is 1. The number of anilines is 1. The van der Waals surface area contributed by atoms with Crippen LogP contribution in [0.1, 0.15) is 20.7 Å². The van der Waals surface area contributed by atoms with E-state index < -0.39 is 0 Å². The van der Waals surface area contributed by atoms with Crippen LogP contribution < -0.4 is 10.1 Å². The Balaban J connectivity index is 1.86. The number of carbonyl (C=O) groups excluding carboxylic acids is 2. The maximum Gasteiger partial charge on any atom is 0.257 e. The zero-order valence-electron chi connectivity index (χ0n) is 12.4. The first-order valence-corrected chi connectivity index (χ1v) is 7.78. The van der Waals surface area contributed by atoms with Crippen LogP contribution in [0.5, 0.6) is 5.75 Å². The molecule has 23 heavy (non-hydrogen) atoms. The van der Waals surface area contributed by atoms with Gasteiger partial charge in [-0.25, -0.2) is 0 Å². The Morgan fingerprint density at radius 3 is 2.96 bits per heavy atom. The molecule has 0 saturated heterocycles. The number of hydrogen-bond donors (Lipinski definition) is 1. The van der Waals surface area contributed by atoms with E-state index in [-0.39, 0.29) is 11.8 Å². The minimum atomic E-state index is -0.297. The van der Waals surface area contributed by atoms with Gasteiger partial charge in [-0.15, -0.1) is 0 Å². The Kier molecular flexibility index (Phi) is 4.29. The van der Waals surface area contributed by atoms with Crippen LogP contribution in [0.15, 0.2) is 41.1 Å². The molecule has 0 fully saturated rings. The Morgan fingerprint density at radius 1 is 1.35 bits per heavy atom. The summed E-state index contributed by atoms with van der Waals surface area (Å²) in [6.07, 6.45) is 3.08.